The van der Waals surface area contributed by atoms with Gasteiger partial charge in [0.2, 0.25) is 11.8 Å². The van der Waals surface area contributed by atoms with Crippen molar-refractivity contribution in [1.29, 1.82) is 0 Å². The maximum absolute atomic E-state index is 13.3. The van der Waals surface area contributed by atoms with E-state index in [4.69, 9.17) is 4.84 Å². The highest BCUT2D eigenvalue weighted by Crippen LogP contribution is 2.39. The minimum absolute atomic E-state index is 0.157. The molecule has 4 aliphatic rings. The summed E-state index contributed by atoms with van der Waals surface area (Å²) in [7, 11) is 0. The highest BCUT2D eigenvalue weighted by Gasteiger charge is 2.51. The summed E-state index contributed by atoms with van der Waals surface area (Å²) in [6.45, 7) is 28.6. The number of piperidine rings is 1. The lowest BCUT2D eigenvalue weighted by Crippen LogP contribution is -2.66. The van der Waals surface area contributed by atoms with Gasteiger partial charge in [-0.25, -0.2) is 0 Å². The number of hydroxylamine groups is 2. The molecule has 17 heteroatoms. The molecule has 0 radical (unpaired) electrons. The van der Waals surface area contributed by atoms with Crippen molar-refractivity contribution in [1.82, 2.24) is 34.5 Å². The number of piperazine rings is 3. The van der Waals surface area contributed by atoms with Crippen LogP contribution in [0.3, 0.4) is 0 Å². The van der Waals surface area contributed by atoms with Crippen LogP contribution >= 0.6 is 0 Å². The Bertz CT molecular complexity index is 4050. The van der Waals surface area contributed by atoms with Crippen LogP contribution in [0.1, 0.15) is 136 Å². The van der Waals surface area contributed by atoms with Gasteiger partial charge in [-0.3, -0.25) is 72.5 Å². The van der Waals surface area contributed by atoms with Gasteiger partial charge in [0, 0.05) is 81.0 Å². The summed E-state index contributed by atoms with van der Waals surface area (Å²) in [4.78, 5) is 131. The summed E-state index contributed by atoms with van der Waals surface area (Å²) >= 11 is 0. The number of carbonyl (C=O) groups excluding carboxylic acids is 9. The van der Waals surface area contributed by atoms with E-state index in [1.54, 1.807) is 109 Å². The second-order valence-corrected chi connectivity index (χ2v) is 26.2. The molecular weight excluding hydrogens is 1270 g/mol. The number of imide groups is 4. The fourth-order valence-electron chi connectivity index (χ4n) is 13.2. The van der Waals surface area contributed by atoms with Crippen molar-refractivity contribution < 1.29 is 48.0 Å². The topological polar surface area (TPSA) is 186 Å². The van der Waals surface area contributed by atoms with Gasteiger partial charge < -0.3 is 4.90 Å². The summed E-state index contributed by atoms with van der Waals surface area (Å²) in [5, 5.41) is 0.962. The van der Waals surface area contributed by atoms with Crippen molar-refractivity contribution in [2.45, 2.75) is 116 Å². The van der Waals surface area contributed by atoms with E-state index in [2.05, 4.69) is 60.4 Å². The van der Waals surface area contributed by atoms with Crippen LogP contribution in [0.15, 0.2) is 257 Å². The third-order valence-electron chi connectivity index (χ3n) is 19.3. The fourth-order valence-corrected chi connectivity index (χ4v) is 13.2. The SMILES string of the molecule is C=CC[C@@]1(C)C(=O)N(C(=O)c2ccc(C)cc2)CCN1Cc1ccccc1.C=CC[C@@]1(C)C(=O)N(C(=O)c2ccccc2)CCN1C(=O)c1ccccc1.C=CC[C@@]1(C)C(=O)N(C(=O)c2ccccc2)CCN1Cc1ccccc1.C=CC[C@]1(CC)CCC(=O)N(OCc2ccccc2)C1=O. The number of allylic oxidation sites excluding steroid dienone is 1. The Balaban J connectivity index is 0.000000172. The lowest BCUT2D eigenvalue weighted by Gasteiger charge is -2.46. The van der Waals surface area contributed by atoms with Crippen molar-refractivity contribution in [3.8, 4) is 0 Å². The maximum atomic E-state index is 13.3. The molecule has 0 aromatic heterocycles. The van der Waals surface area contributed by atoms with Gasteiger partial charge in [0.05, 0.1) is 5.41 Å². The van der Waals surface area contributed by atoms with Crippen molar-refractivity contribution in [3.63, 3.8) is 0 Å². The number of rotatable bonds is 20. The summed E-state index contributed by atoms with van der Waals surface area (Å²) in [6, 6.07) is 63.6. The van der Waals surface area contributed by atoms with Gasteiger partial charge >= 0.3 is 0 Å². The smallest absolute Gasteiger partial charge is 0.260 e. The van der Waals surface area contributed by atoms with E-state index < -0.39 is 22.0 Å². The Morgan fingerprint density at radius 2 is 0.743 bits per heavy atom. The molecule has 0 N–H and O–H groups in total. The van der Waals surface area contributed by atoms with Crippen LogP contribution in [0.2, 0.25) is 0 Å². The van der Waals surface area contributed by atoms with Gasteiger partial charge in [0.25, 0.3) is 41.4 Å². The molecule has 0 saturated carbocycles. The molecule has 9 amide bonds. The second-order valence-electron chi connectivity index (χ2n) is 26.2. The Kier molecular flexibility index (Phi) is 26.7. The van der Waals surface area contributed by atoms with E-state index in [-0.39, 0.29) is 79.3 Å². The number of hydrogen-bond acceptors (Lipinski definition) is 12. The van der Waals surface area contributed by atoms with E-state index >= 15 is 0 Å². The Morgan fingerprint density at radius 1 is 0.406 bits per heavy atom. The minimum atomic E-state index is -1.16. The highest BCUT2D eigenvalue weighted by molar-refractivity contribution is 6.11. The molecule has 101 heavy (non-hydrogen) atoms. The van der Waals surface area contributed by atoms with E-state index in [0.717, 1.165) is 27.3 Å². The Hall–Kier alpha value is -10.6. The lowest BCUT2D eigenvalue weighted by atomic mass is 9.74. The molecule has 7 aromatic rings. The zero-order valence-corrected chi connectivity index (χ0v) is 58.8. The van der Waals surface area contributed by atoms with Crippen LogP contribution in [-0.2, 0) is 48.5 Å². The first-order valence-electron chi connectivity index (χ1n) is 34.3. The van der Waals surface area contributed by atoms with Crippen molar-refractivity contribution in [3.05, 3.63) is 301 Å². The predicted octanol–water partition coefficient (Wildman–Crippen LogP) is 13.7. The molecular formula is C84H93N7O10. The largest absolute Gasteiger partial charge is 0.322 e. The van der Waals surface area contributed by atoms with E-state index in [9.17, 15) is 43.2 Å². The standard InChI is InChI=1S/C23H26N2O2.C22H22N2O3.C22H24N2O2.C17H21NO3/c1-4-14-23(3)22(27)25(21(26)20-12-10-18(2)11-13-20)16-15-24(23)17-19-8-6-5-7-9-19;1-3-14-22(2)21(27)23(19(25)17-10-6-4-7-11-17)15-16-24(22)20(26)18-12-8-5-9-13-18;1-3-14-22(2)21(26)24(20(25)19-12-8-5-9-13-19)16-15-23(22)17-18-10-6-4-7-11-18;1-3-11-17(4-2)12-10-15(19)18(16(17)20)21-13-14-8-6-5-7-9-14/h4-13H,1,14-17H2,2-3H3;3-13H,1,14-16H2,2H3;3-13H,1,14-17H2,2H3;3,5-9H,1,4,10-13H2,2H3/t23-;2*22-;17-/m0001/s1. The molecule has 4 saturated heterocycles. The second kappa shape index (κ2) is 35.4. The minimum Gasteiger partial charge on any atom is -0.322 e. The number of nitrogens with zero attached hydrogens (tertiary/aromatic N) is 7. The van der Waals surface area contributed by atoms with Gasteiger partial charge in [-0.15, -0.1) is 26.3 Å². The van der Waals surface area contributed by atoms with Crippen LogP contribution in [-0.4, -0.2) is 144 Å². The normalized spacial score (nSPS) is 20.8. The highest BCUT2D eigenvalue weighted by atomic mass is 16.7. The van der Waals surface area contributed by atoms with Gasteiger partial charge in [0.1, 0.15) is 23.2 Å². The summed E-state index contributed by atoms with van der Waals surface area (Å²) in [5.41, 5.74) is 3.11. The average Bonchev–Trinajstić information content (AvgIpc) is 0.764. The number of amides is 9. The van der Waals surface area contributed by atoms with Crippen LogP contribution in [0.25, 0.3) is 0 Å². The number of aryl methyl sites for hydroxylation is 1. The molecule has 7 aromatic carbocycles. The van der Waals surface area contributed by atoms with Gasteiger partial charge in [0.15, 0.2) is 0 Å². The number of benzene rings is 7. The van der Waals surface area contributed by atoms with E-state index in [1.165, 1.54) is 14.7 Å². The molecule has 4 fully saturated rings. The van der Waals surface area contributed by atoms with Gasteiger partial charge in [-0.05, 0) is 131 Å². The summed E-state index contributed by atoms with van der Waals surface area (Å²) in [6.07, 6.45) is 10.3. The molecule has 0 bridgehead atoms. The first-order valence-corrected chi connectivity index (χ1v) is 34.3. The lowest BCUT2D eigenvalue weighted by molar-refractivity contribution is -0.213. The van der Waals surface area contributed by atoms with Crippen molar-refractivity contribution in [2.75, 3.05) is 39.3 Å². The van der Waals surface area contributed by atoms with E-state index in [0.29, 0.717) is 100 Å². The Morgan fingerprint density at radius 3 is 1.13 bits per heavy atom. The molecule has 0 spiro atoms. The molecule has 524 valence electrons. The Labute approximate surface area is 594 Å². The average molecular weight is 1360 g/mol. The van der Waals surface area contributed by atoms with Crippen molar-refractivity contribution >= 4 is 53.2 Å². The molecule has 11 rings (SSSR count). The predicted molar refractivity (Wildman–Crippen MR) is 393 cm³/mol. The molecule has 4 heterocycles. The molecule has 0 unspecified atom stereocenters. The van der Waals surface area contributed by atoms with Crippen LogP contribution in [0, 0.1) is 12.3 Å². The van der Waals surface area contributed by atoms with Crippen LogP contribution in [0.4, 0.5) is 0 Å². The molecule has 4 atom stereocenters. The fraction of sp³-hybridized carbons (Fsp3) is 0.298. The van der Waals surface area contributed by atoms with Gasteiger partial charge in [-0.1, -0.05) is 195 Å². The first-order chi connectivity index (χ1) is 48.6. The monoisotopic (exact) mass is 1360 g/mol. The summed E-state index contributed by atoms with van der Waals surface area (Å²) in [5.74, 6) is -2.22. The zero-order chi connectivity index (χ0) is 72.7. The quantitative estimate of drug-likeness (QED) is 0.0520. The van der Waals surface area contributed by atoms with Crippen molar-refractivity contribution in [2.24, 2.45) is 5.41 Å². The third kappa shape index (κ3) is 18.1. The maximum Gasteiger partial charge on any atom is 0.260 e. The first kappa shape index (κ1) is 76.2. The van der Waals surface area contributed by atoms with Gasteiger partial charge in [-0.2, -0.15) is 5.06 Å². The number of carbonyl (C=O) groups is 9. The summed E-state index contributed by atoms with van der Waals surface area (Å²) < 4.78 is 0. The van der Waals surface area contributed by atoms with Crippen LogP contribution in [0.5, 0.6) is 0 Å². The van der Waals surface area contributed by atoms with Crippen LogP contribution < -0.4 is 0 Å². The number of hydrogen-bond donors (Lipinski definition) is 0. The molecule has 17 nitrogen and oxygen atoms in total. The molecule has 0 aliphatic carbocycles. The van der Waals surface area contributed by atoms with E-state index in [1.807, 2.05) is 137 Å². The molecule has 4 aliphatic heterocycles. The zero-order valence-electron chi connectivity index (χ0n) is 58.8. The third-order valence-corrected chi connectivity index (χ3v) is 19.3.